The second kappa shape index (κ2) is 8.91. The Hall–Kier alpha value is -0.000779. The molecule has 0 radical (unpaired) electrons. The Morgan fingerprint density at radius 3 is 2.00 bits per heavy atom. The summed E-state index contributed by atoms with van der Waals surface area (Å²) in [6, 6.07) is 0. The minimum atomic E-state index is 0.635. The van der Waals surface area contributed by atoms with Crippen LogP contribution in [0.1, 0.15) is 25.0 Å². The average molecular weight is 290 g/mol. The second-order valence-electron chi connectivity index (χ2n) is 8.33. The van der Waals surface area contributed by atoms with Gasteiger partial charge in [0.15, 0.2) is 0 Å². The number of rotatable bonds is 7. The maximum atomic E-state index is 2.44. The van der Waals surface area contributed by atoms with E-state index in [0.717, 1.165) is 7.17 Å². The maximum Gasteiger partial charge on any atom is 0.138 e. The predicted octanol–water partition coefficient (Wildman–Crippen LogP) is -8.96. The van der Waals surface area contributed by atoms with E-state index in [1.54, 1.807) is 33.0 Å². The van der Waals surface area contributed by atoms with E-state index < -0.39 is 0 Å². The van der Waals surface area contributed by atoms with Gasteiger partial charge in [0.05, 0.1) is 66.5 Å². The fourth-order valence-corrected chi connectivity index (χ4v) is 4.09. The Kier molecular flexibility index (Phi) is 8.15. The molecule has 0 aliphatic rings. The zero-order chi connectivity index (χ0) is 17.9. The molecule has 0 aliphatic heterocycles. The van der Waals surface area contributed by atoms with Gasteiger partial charge in [-0.3, -0.25) is 0 Å². The van der Waals surface area contributed by atoms with Crippen molar-refractivity contribution in [3.8, 4) is 0 Å². The van der Waals surface area contributed by atoms with E-state index >= 15 is 0 Å². The van der Waals surface area contributed by atoms with Gasteiger partial charge in [-0.2, -0.15) is 0 Å². The van der Waals surface area contributed by atoms with E-state index in [0.29, 0.717) is 25.3 Å². The summed E-state index contributed by atoms with van der Waals surface area (Å²) in [5.41, 5.74) is 9.79. The third-order valence-corrected chi connectivity index (χ3v) is 5.90. The zero-order valence-corrected chi connectivity index (χ0v) is 17.4. The summed E-state index contributed by atoms with van der Waals surface area (Å²) in [6.07, 6.45) is 1.91. The van der Waals surface area contributed by atoms with Gasteiger partial charge in [0, 0.05) is 6.39 Å². The Labute approximate surface area is 154 Å². The summed E-state index contributed by atoms with van der Waals surface area (Å²) in [4.78, 5) is 0. The van der Waals surface area contributed by atoms with Crippen LogP contribution < -0.4 is 21.9 Å². The first-order valence-electron chi connectivity index (χ1n) is 9.81. The summed E-state index contributed by atoms with van der Waals surface area (Å²) < 4.78 is 0. The van der Waals surface area contributed by atoms with Crippen LogP contribution >= 0.6 is 0 Å². The second-order valence-corrected chi connectivity index (χ2v) is 8.33. The van der Waals surface area contributed by atoms with Crippen LogP contribution in [0.4, 0.5) is 0 Å². The van der Waals surface area contributed by atoms with Gasteiger partial charge in [0.25, 0.3) is 0 Å². The predicted molar refractivity (Wildman–Crippen MR) is 140 cm³/mol. The first-order valence-corrected chi connectivity index (χ1v) is 9.81. The number of hydrogen-bond donors (Lipinski definition) is 0. The normalized spacial score (nSPS) is 10.4. The van der Waals surface area contributed by atoms with Gasteiger partial charge in [0.2, 0.25) is 0 Å². The number of benzene rings is 1. The highest BCUT2D eigenvalue weighted by molar-refractivity contribution is 7.70. The average Bonchev–Trinajstić information content (AvgIpc) is 2.48. The van der Waals surface area contributed by atoms with Crippen LogP contribution in [0.3, 0.4) is 0 Å². The lowest BCUT2D eigenvalue weighted by atomic mass is 8.85. The molecule has 0 atom stereocenters. The van der Waals surface area contributed by atoms with Crippen LogP contribution in [0.5, 0.6) is 0 Å². The van der Waals surface area contributed by atoms with Crippen LogP contribution in [0, 0.1) is 12.8 Å². The van der Waals surface area contributed by atoms with E-state index in [1.165, 1.54) is 13.5 Å². The van der Waals surface area contributed by atoms with Crippen molar-refractivity contribution in [1.82, 2.24) is 0 Å². The lowest BCUT2D eigenvalue weighted by Gasteiger charge is -2.31. The molecule has 0 aromatic heterocycles. The SMILES string of the molecule is BBB(B)c1c(C)c(BB)c(B)c(CC(C)C)c1B(B)B(B)B. The Balaban J connectivity index is 3.83. The fraction of sp³-hybridized carbons (Fsp3) is 0.455. The molecule has 0 spiro atoms. The molecule has 0 aliphatic carbocycles. The standard InChI is InChI=1S/C11H28B12/c1-5(2)4-7-8(12)9(19-13)6(3)10(21(15)20-14)11(7)22(16)23(17)18/h5,19-20H,4,12-18H2,1-3H3. The Bertz CT molecular complexity index is 543. The quantitative estimate of drug-likeness (QED) is 0.438. The van der Waals surface area contributed by atoms with Crippen molar-refractivity contribution in [3.05, 3.63) is 11.1 Å². The van der Waals surface area contributed by atoms with Crippen molar-refractivity contribution in [2.24, 2.45) is 5.92 Å². The van der Waals surface area contributed by atoms with Crippen LogP contribution in [-0.4, -0.2) is 87.9 Å². The minimum absolute atomic E-state index is 0.635. The smallest absolute Gasteiger partial charge is 0.103 e. The fourth-order valence-electron chi connectivity index (χ4n) is 4.09. The van der Waals surface area contributed by atoms with Crippen LogP contribution in [-0.2, 0) is 6.42 Å². The van der Waals surface area contributed by atoms with Crippen molar-refractivity contribution in [1.29, 1.82) is 0 Å². The number of hydrogen-bond acceptors (Lipinski definition) is 0. The Morgan fingerprint density at radius 2 is 1.61 bits per heavy atom. The minimum Gasteiger partial charge on any atom is -0.103 e. The molecule has 23 heavy (non-hydrogen) atoms. The summed E-state index contributed by atoms with van der Waals surface area (Å²) in [5.74, 6) is 0.712. The Morgan fingerprint density at radius 1 is 1.04 bits per heavy atom. The molecule has 0 saturated carbocycles. The van der Waals surface area contributed by atoms with Gasteiger partial charge < -0.3 is 0 Å². The first-order chi connectivity index (χ1) is 10.7. The molecule has 1 aromatic carbocycles. The van der Waals surface area contributed by atoms with E-state index in [-0.39, 0.29) is 0 Å². The van der Waals surface area contributed by atoms with Crippen molar-refractivity contribution < 1.29 is 0 Å². The van der Waals surface area contributed by atoms with Crippen LogP contribution in [0.25, 0.3) is 0 Å². The van der Waals surface area contributed by atoms with Crippen molar-refractivity contribution >= 4 is 110 Å². The lowest BCUT2D eigenvalue weighted by molar-refractivity contribution is 0.651. The molecule has 0 fully saturated rings. The third kappa shape index (κ3) is 4.55. The summed E-state index contributed by atoms with van der Waals surface area (Å²) in [6.45, 7) is 8.39. The first kappa shape index (κ1) is 21.0. The van der Waals surface area contributed by atoms with Crippen LogP contribution in [0.2, 0.25) is 0 Å². The maximum absolute atomic E-state index is 2.44. The summed E-state index contributed by atoms with van der Waals surface area (Å²) in [7, 11) is 19.0. The third-order valence-electron chi connectivity index (χ3n) is 5.90. The molecule has 0 heterocycles. The topological polar surface area (TPSA) is 0 Å². The molecule has 12 heteroatoms. The van der Waals surface area contributed by atoms with E-state index in [4.69, 9.17) is 0 Å². The van der Waals surface area contributed by atoms with E-state index in [2.05, 4.69) is 75.0 Å². The van der Waals surface area contributed by atoms with Crippen molar-refractivity contribution in [2.75, 3.05) is 0 Å². The molecule has 108 valence electrons. The van der Waals surface area contributed by atoms with Gasteiger partial charge in [-0.15, -0.1) is 10.9 Å². The highest BCUT2D eigenvalue weighted by Crippen LogP contribution is 2.05. The van der Waals surface area contributed by atoms with Gasteiger partial charge >= 0.3 is 0 Å². The van der Waals surface area contributed by atoms with Crippen molar-refractivity contribution in [3.63, 3.8) is 0 Å². The molecule has 0 bridgehead atoms. The van der Waals surface area contributed by atoms with E-state index in [9.17, 15) is 0 Å². The largest absolute Gasteiger partial charge is 0.138 e. The molecular formula is C11H28B12. The summed E-state index contributed by atoms with van der Waals surface area (Å²) in [5, 5.41) is 0. The molecular weight excluding hydrogens is 262 g/mol. The van der Waals surface area contributed by atoms with Gasteiger partial charge in [0.1, 0.15) is 15.0 Å². The molecule has 1 aromatic rings. The highest BCUT2D eigenvalue weighted by atomic mass is 14.1. The van der Waals surface area contributed by atoms with Gasteiger partial charge in [-0.1, -0.05) is 35.9 Å². The zero-order valence-electron chi connectivity index (χ0n) is 17.4. The lowest BCUT2D eigenvalue weighted by Crippen LogP contribution is -2.65. The summed E-state index contributed by atoms with van der Waals surface area (Å²) >= 11 is 0. The highest BCUT2D eigenvalue weighted by Gasteiger charge is 2.28. The van der Waals surface area contributed by atoms with Gasteiger partial charge in [-0.05, 0) is 19.3 Å². The van der Waals surface area contributed by atoms with Crippen molar-refractivity contribution in [2.45, 2.75) is 27.2 Å². The van der Waals surface area contributed by atoms with Crippen LogP contribution in [0.15, 0.2) is 0 Å². The van der Waals surface area contributed by atoms with Gasteiger partial charge in [-0.25, -0.2) is 0 Å². The molecule has 0 amide bonds. The molecule has 0 N–H and O–H groups in total. The molecule has 1 rings (SSSR count). The molecule has 0 unspecified atom stereocenters. The molecule has 0 saturated heterocycles. The molecule has 0 nitrogen and oxygen atoms in total. The van der Waals surface area contributed by atoms with E-state index in [1.807, 2.05) is 0 Å². The monoisotopic (exact) mass is 292 g/mol.